The lowest BCUT2D eigenvalue weighted by molar-refractivity contribution is 0.482. The third-order valence-corrected chi connectivity index (χ3v) is 11.7. The van der Waals surface area contributed by atoms with Crippen molar-refractivity contribution in [2.75, 3.05) is 0 Å². The van der Waals surface area contributed by atoms with Gasteiger partial charge in [-0.3, -0.25) is 0 Å². The van der Waals surface area contributed by atoms with Gasteiger partial charge in [-0.05, 0) is 129 Å². The van der Waals surface area contributed by atoms with Crippen molar-refractivity contribution in [1.29, 1.82) is 0 Å². The van der Waals surface area contributed by atoms with Gasteiger partial charge in [0.1, 0.15) is 0 Å². The molecule has 0 saturated carbocycles. The highest BCUT2D eigenvalue weighted by Gasteiger charge is 2.21. The molecule has 0 bridgehead atoms. The fraction of sp³-hybridized carbons (Fsp3) is 0.315. The Bertz CT molecular complexity index is 2380. The number of nitrogens with zero attached hydrogens (tertiary/aromatic N) is 3. The Hall–Kier alpha value is -5.41. The molecule has 1 aliphatic carbocycles. The van der Waals surface area contributed by atoms with Crippen LogP contribution in [-0.4, -0.2) is 15.0 Å². The molecule has 6 aromatic rings. The van der Waals surface area contributed by atoms with Crippen molar-refractivity contribution in [2.45, 2.75) is 107 Å². The maximum absolute atomic E-state index is 5.17. The van der Waals surface area contributed by atoms with E-state index in [-0.39, 0.29) is 16.2 Å². The highest BCUT2D eigenvalue weighted by molar-refractivity contribution is 5.77. The number of hydrogen-bond acceptors (Lipinski definition) is 3. The van der Waals surface area contributed by atoms with Gasteiger partial charge in [0.2, 0.25) is 0 Å². The van der Waals surface area contributed by atoms with Crippen molar-refractivity contribution in [3.63, 3.8) is 0 Å². The molecule has 0 unspecified atom stereocenters. The number of hydrogen-bond donors (Lipinski definition) is 0. The number of benzene rings is 5. The van der Waals surface area contributed by atoms with Crippen molar-refractivity contribution < 1.29 is 0 Å². The van der Waals surface area contributed by atoms with Crippen molar-refractivity contribution >= 4 is 5.57 Å². The summed E-state index contributed by atoms with van der Waals surface area (Å²) in [5, 5.41) is 0. The number of allylic oxidation sites excluding steroid dienone is 4. The van der Waals surface area contributed by atoms with Gasteiger partial charge in [0, 0.05) is 16.7 Å². The molecule has 5 aromatic carbocycles. The standard InChI is InChI=1S/C54H59N3/c1-34-31-40(19-28-46(34)37-13-22-43(23-14-37)52(4,5)6)49-55-50(41-20-29-47(35(2)32-41)38-15-24-44(25-16-38)53(7,8)9)57-51(56-49)42-21-30-48(36(3)33-42)39-17-26-45(27-18-39)54(10,11)12/h13-17,19-26,28-33H,18,27H2,1-12H3. The molecule has 0 radical (unpaired) electrons. The topological polar surface area (TPSA) is 38.7 Å². The summed E-state index contributed by atoms with van der Waals surface area (Å²) in [5.74, 6) is 2.02. The first-order valence-corrected chi connectivity index (χ1v) is 20.6. The molecule has 0 spiro atoms. The van der Waals surface area contributed by atoms with Crippen molar-refractivity contribution in [2.24, 2.45) is 5.41 Å². The molecular weight excluding hydrogens is 691 g/mol. The van der Waals surface area contributed by atoms with Crippen LogP contribution in [0.2, 0.25) is 0 Å². The summed E-state index contributed by atoms with van der Waals surface area (Å²) in [6, 6.07) is 37.8. The Morgan fingerprint density at radius 3 is 1.02 bits per heavy atom. The van der Waals surface area contributed by atoms with E-state index in [9.17, 15) is 0 Å². The molecule has 1 aliphatic rings. The summed E-state index contributed by atoms with van der Waals surface area (Å²) in [5.41, 5.74) is 18.6. The van der Waals surface area contributed by atoms with E-state index in [2.05, 4.69) is 198 Å². The smallest absolute Gasteiger partial charge is 0.164 e. The second-order valence-electron chi connectivity index (χ2n) is 19.2. The van der Waals surface area contributed by atoms with Crippen LogP contribution in [0.5, 0.6) is 0 Å². The summed E-state index contributed by atoms with van der Waals surface area (Å²) in [6.07, 6.45) is 6.80. The Kier molecular flexibility index (Phi) is 10.6. The second-order valence-corrected chi connectivity index (χ2v) is 19.2. The predicted octanol–water partition coefficient (Wildman–Crippen LogP) is 14.9. The minimum Gasteiger partial charge on any atom is -0.208 e. The first kappa shape index (κ1) is 39.8. The van der Waals surface area contributed by atoms with Gasteiger partial charge in [0.05, 0.1) is 0 Å². The molecule has 57 heavy (non-hydrogen) atoms. The molecule has 0 atom stereocenters. The minimum absolute atomic E-state index is 0.113. The summed E-state index contributed by atoms with van der Waals surface area (Å²) in [7, 11) is 0. The van der Waals surface area contributed by atoms with Gasteiger partial charge >= 0.3 is 0 Å². The number of aromatic nitrogens is 3. The van der Waals surface area contributed by atoms with Crippen molar-refractivity contribution in [3.8, 4) is 56.4 Å². The monoisotopic (exact) mass is 749 g/mol. The zero-order valence-electron chi connectivity index (χ0n) is 36.2. The Morgan fingerprint density at radius 1 is 0.368 bits per heavy atom. The Labute approximate surface area is 342 Å². The van der Waals surface area contributed by atoms with Crippen LogP contribution in [0.4, 0.5) is 0 Å². The zero-order valence-corrected chi connectivity index (χ0v) is 36.2. The Balaban J connectivity index is 1.29. The van der Waals surface area contributed by atoms with E-state index in [0.29, 0.717) is 17.5 Å². The summed E-state index contributed by atoms with van der Waals surface area (Å²) >= 11 is 0. The molecule has 0 fully saturated rings. The summed E-state index contributed by atoms with van der Waals surface area (Å²) < 4.78 is 0. The molecule has 0 aliphatic heterocycles. The predicted molar refractivity (Wildman–Crippen MR) is 243 cm³/mol. The zero-order chi connectivity index (χ0) is 40.9. The Morgan fingerprint density at radius 2 is 0.719 bits per heavy atom. The van der Waals surface area contributed by atoms with E-state index in [1.165, 1.54) is 66.8 Å². The van der Waals surface area contributed by atoms with Crippen LogP contribution in [0.25, 0.3) is 62.0 Å². The molecule has 0 N–H and O–H groups in total. The maximum Gasteiger partial charge on any atom is 0.164 e. The second kappa shape index (κ2) is 15.2. The average molecular weight is 750 g/mol. The van der Waals surface area contributed by atoms with Gasteiger partial charge in [-0.15, -0.1) is 0 Å². The SMILES string of the molecule is Cc1cc(-c2nc(-c3ccc(-c4ccc(C(C)(C)C)cc4)c(C)c3)nc(-c3ccc(-c4ccc(C(C)(C)C)cc4)c(C)c3)n2)ccc1C1=CC=C(C(C)(C)C)CC1. The number of aryl methyl sites for hydroxylation is 3. The largest absolute Gasteiger partial charge is 0.208 e. The van der Waals surface area contributed by atoms with Gasteiger partial charge in [-0.1, -0.05) is 165 Å². The van der Waals surface area contributed by atoms with Crippen LogP contribution in [0, 0.1) is 26.2 Å². The van der Waals surface area contributed by atoms with Gasteiger partial charge in [-0.25, -0.2) is 15.0 Å². The molecule has 7 rings (SSSR count). The van der Waals surface area contributed by atoms with Crippen LogP contribution in [0.1, 0.15) is 109 Å². The van der Waals surface area contributed by atoms with E-state index in [4.69, 9.17) is 15.0 Å². The molecule has 290 valence electrons. The number of rotatable bonds is 6. The van der Waals surface area contributed by atoms with E-state index in [1.807, 2.05) is 0 Å². The molecule has 3 heteroatoms. The van der Waals surface area contributed by atoms with Crippen LogP contribution >= 0.6 is 0 Å². The lowest BCUT2D eigenvalue weighted by Crippen LogP contribution is -2.11. The fourth-order valence-corrected chi connectivity index (χ4v) is 7.97. The molecule has 0 saturated heterocycles. The lowest BCUT2D eigenvalue weighted by Gasteiger charge is -2.26. The van der Waals surface area contributed by atoms with Crippen LogP contribution in [0.3, 0.4) is 0 Å². The van der Waals surface area contributed by atoms with E-state index in [1.54, 1.807) is 0 Å². The average Bonchev–Trinajstić information content (AvgIpc) is 3.17. The quantitative estimate of drug-likeness (QED) is 0.170. The van der Waals surface area contributed by atoms with Crippen molar-refractivity contribution in [1.82, 2.24) is 15.0 Å². The van der Waals surface area contributed by atoms with Gasteiger partial charge < -0.3 is 0 Å². The van der Waals surface area contributed by atoms with E-state index in [0.717, 1.165) is 29.5 Å². The highest BCUT2D eigenvalue weighted by atomic mass is 15.0. The minimum atomic E-state index is 0.113. The summed E-state index contributed by atoms with van der Waals surface area (Å²) in [6.45, 7) is 27.0. The van der Waals surface area contributed by atoms with Crippen LogP contribution < -0.4 is 0 Å². The molecule has 0 amide bonds. The highest BCUT2D eigenvalue weighted by Crippen LogP contribution is 2.38. The van der Waals surface area contributed by atoms with Gasteiger partial charge in [-0.2, -0.15) is 0 Å². The van der Waals surface area contributed by atoms with E-state index < -0.39 is 0 Å². The molecule has 3 nitrogen and oxygen atoms in total. The summed E-state index contributed by atoms with van der Waals surface area (Å²) in [4.78, 5) is 15.5. The first-order valence-electron chi connectivity index (χ1n) is 20.6. The van der Waals surface area contributed by atoms with Gasteiger partial charge in [0.25, 0.3) is 0 Å². The third-order valence-electron chi connectivity index (χ3n) is 11.7. The van der Waals surface area contributed by atoms with Crippen LogP contribution in [0.15, 0.2) is 121 Å². The molecular formula is C54H59N3. The maximum atomic E-state index is 5.17. The van der Waals surface area contributed by atoms with Crippen LogP contribution in [-0.2, 0) is 10.8 Å². The molecule has 1 heterocycles. The van der Waals surface area contributed by atoms with Gasteiger partial charge in [0.15, 0.2) is 17.5 Å². The van der Waals surface area contributed by atoms with Crippen molar-refractivity contribution in [3.05, 3.63) is 154 Å². The lowest BCUT2D eigenvalue weighted by atomic mass is 9.79. The molecule has 1 aromatic heterocycles. The first-order chi connectivity index (χ1) is 26.8. The fourth-order valence-electron chi connectivity index (χ4n) is 7.97. The van der Waals surface area contributed by atoms with E-state index >= 15 is 0 Å². The third kappa shape index (κ3) is 8.64. The normalized spacial score (nSPS) is 13.7.